The molecule has 1 aliphatic rings. The Bertz CT molecular complexity index is 1070. The van der Waals surface area contributed by atoms with Crippen molar-refractivity contribution < 1.29 is 14.0 Å². The van der Waals surface area contributed by atoms with Crippen LogP contribution in [0, 0.1) is 5.82 Å². The zero-order valence-corrected chi connectivity index (χ0v) is 17.5. The summed E-state index contributed by atoms with van der Waals surface area (Å²) in [5.74, 6) is -0.475. The number of carbonyl (C=O) groups excluding carboxylic acids is 2. The minimum Gasteiger partial charge on any atom is -0.339 e. The fraction of sp³-hybridized carbons (Fsp3) is 0.231. The molecule has 1 heterocycles. The predicted molar refractivity (Wildman–Crippen MR) is 118 cm³/mol. The van der Waals surface area contributed by atoms with E-state index in [1.165, 1.54) is 12.1 Å². The number of benzene rings is 3. The van der Waals surface area contributed by atoms with Crippen molar-refractivity contribution in [2.45, 2.75) is 32.5 Å². The number of amides is 2. The van der Waals surface area contributed by atoms with Crippen molar-refractivity contribution in [3.63, 3.8) is 0 Å². The molecule has 0 saturated carbocycles. The Balaban J connectivity index is 1.60. The van der Waals surface area contributed by atoms with Crippen molar-refractivity contribution in [1.82, 2.24) is 9.80 Å². The van der Waals surface area contributed by atoms with Crippen LogP contribution in [-0.2, 0) is 17.9 Å². The second-order valence-electron chi connectivity index (χ2n) is 7.76. The lowest BCUT2D eigenvalue weighted by atomic mass is 10.0. The highest BCUT2D eigenvalue weighted by molar-refractivity contribution is 5.98. The van der Waals surface area contributed by atoms with Crippen LogP contribution in [0.15, 0.2) is 78.9 Å². The van der Waals surface area contributed by atoms with Gasteiger partial charge < -0.3 is 9.80 Å². The van der Waals surface area contributed by atoms with Gasteiger partial charge in [-0.25, -0.2) is 4.39 Å². The predicted octanol–water partition coefficient (Wildman–Crippen LogP) is 4.96. The van der Waals surface area contributed by atoms with E-state index in [1.54, 1.807) is 21.9 Å². The summed E-state index contributed by atoms with van der Waals surface area (Å²) in [6, 6.07) is 23.0. The molecule has 0 bridgehead atoms. The van der Waals surface area contributed by atoms with Crippen LogP contribution in [0.25, 0.3) is 0 Å². The topological polar surface area (TPSA) is 40.6 Å². The third-order valence-corrected chi connectivity index (χ3v) is 5.80. The van der Waals surface area contributed by atoms with Crippen molar-refractivity contribution in [3.05, 3.63) is 107 Å². The van der Waals surface area contributed by atoms with Crippen LogP contribution >= 0.6 is 0 Å². The van der Waals surface area contributed by atoms with Gasteiger partial charge in [-0.2, -0.15) is 0 Å². The Hall–Kier alpha value is -3.47. The van der Waals surface area contributed by atoms with Crippen molar-refractivity contribution in [3.8, 4) is 0 Å². The van der Waals surface area contributed by atoms with E-state index in [2.05, 4.69) is 0 Å². The molecule has 0 unspecified atom stereocenters. The fourth-order valence-corrected chi connectivity index (χ4v) is 4.10. The van der Waals surface area contributed by atoms with Crippen molar-refractivity contribution in [1.29, 1.82) is 0 Å². The molecule has 2 amide bonds. The van der Waals surface area contributed by atoms with E-state index in [1.807, 2.05) is 61.5 Å². The molecule has 0 radical (unpaired) electrons. The highest BCUT2D eigenvalue weighted by Gasteiger charge is 2.35. The summed E-state index contributed by atoms with van der Waals surface area (Å²) in [6.45, 7) is 3.47. The average Bonchev–Trinajstić information content (AvgIpc) is 3.13. The van der Waals surface area contributed by atoms with Crippen molar-refractivity contribution >= 4 is 11.8 Å². The van der Waals surface area contributed by atoms with E-state index in [0.717, 1.165) is 16.7 Å². The first-order valence-corrected chi connectivity index (χ1v) is 10.5. The van der Waals surface area contributed by atoms with Gasteiger partial charge in [0.1, 0.15) is 5.82 Å². The molecule has 1 atom stereocenters. The number of hydrogen-bond donors (Lipinski definition) is 0. The largest absolute Gasteiger partial charge is 0.339 e. The Kier molecular flexibility index (Phi) is 6.12. The molecular formula is C26H25FN2O2. The Morgan fingerprint density at radius 3 is 2.35 bits per heavy atom. The Morgan fingerprint density at radius 1 is 1.00 bits per heavy atom. The number of nitrogens with zero attached hydrogens (tertiary/aromatic N) is 2. The highest BCUT2D eigenvalue weighted by Crippen LogP contribution is 2.34. The molecule has 31 heavy (non-hydrogen) atoms. The number of rotatable bonds is 7. The molecule has 0 aromatic heterocycles. The van der Waals surface area contributed by atoms with Crippen LogP contribution in [0.4, 0.5) is 4.39 Å². The maximum absolute atomic E-state index is 13.6. The Morgan fingerprint density at radius 2 is 1.68 bits per heavy atom. The first-order valence-electron chi connectivity index (χ1n) is 10.5. The van der Waals surface area contributed by atoms with Gasteiger partial charge in [0.25, 0.3) is 5.91 Å². The third kappa shape index (κ3) is 4.50. The first-order chi connectivity index (χ1) is 15.1. The van der Waals surface area contributed by atoms with Crippen LogP contribution in [0.5, 0.6) is 0 Å². The van der Waals surface area contributed by atoms with Crippen LogP contribution in [0.2, 0.25) is 0 Å². The van der Waals surface area contributed by atoms with Crippen molar-refractivity contribution in [2.24, 2.45) is 0 Å². The molecule has 0 aliphatic carbocycles. The SMILES string of the molecule is CCN(Cc1ccccc1)C(=O)C[C@H](c1ccc(F)cc1)N1Cc2ccccc2C1=O. The summed E-state index contributed by atoms with van der Waals surface area (Å²) in [7, 11) is 0. The molecular weight excluding hydrogens is 391 g/mol. The van der Waals surface area contributed by atoms with E-state index >= 15 is 0 Å². The number of halogens is 1. The smallest absolute Gasteiger partial charge is 0.255 e. The molecule has 158 valence electrons. The normalized spacial score (nSPS) is 13.7. The third-order valence-electron chi connectivity index (χ3n) is 5.80. The standard InChI is InChI=1S/C26H25FN2O2/c1-2-28(17-19-8-4-3-5-9-19)25(30)16-24(20-12-14-22(27)15-13-20)29-18-21-10-6-7-11-23(21)26(29)31/h3-15,24H,2,16-18H2,1H3/t24-/m1/s1. The monoisotopic (exact) mass is 416 g/mol. The Labute approximate surface area is 181 Å². The lowest BCUT2D eigenvalue weighted by molar-refractivity contribution is -0.132. The molecule has 5 heteroatoms. The van der Waals surface area contributed by atoms with Gasteiger partial charge in [-0.1, -0.05) is 60.7 Å². The van der Waals surface area contributed by atoms with Crippen LogP contribution in [-0.4, -0.2) is 28.2 Å². The van der Waals surface area contributed by atoms with Gasteiger partial charge in [-0.15, -0.1) is 0 Å². The minimum absolute atomic E-state index is 0.0376. The van der Waals surface area contributed by atoms with Gasteiger partial charge in [0.15, 0.2) is 0 Å². The van der Waals surface area contributed by atoms with E-state index in [-0.39, 0.29) is 24.1 Å². The molecule has 3 aromatic carbocycles. The fourth-order valence-electron chi connectivity index (χ4n) is 4.10. The summed E-state index contributed by atoms with van der Waals surface area (Å²) < 4.78 is 13.6. The molecule has 0 fully saturated rings. The molecule has 3 aromatic rings. The second kappa shape index (κ2) is 9.13. The summed E-state index contributed by atoms with van der Waals surface area (Å²) in [6.07, 6.45) is 0.145. The minimum atomic E-state index is -0.460. The molecule has 0 saturated heterocycles. The van der Waals surface area contributed by atoms with Gasteiger partial charge in [0.2, 0.25) is 5.91 Å². The highest BCUT2D eigenvalue weighted by atomic mass is 19.1. The quantitative estimate of drug-likeness (QED) is 0.546. The zero-order chi connectivity index (χ0) is 21.8. The van der Waals surface area contributed by atoms with Crippen molar-refractivity contribution in [2.75, 3.05) is 6.54 Å². The van der Waals surface area contributed by atoms with Gasteiger partial charge >= 0.3 is 0 Å². The number of carbonyl (C=O) groups is 2. The lowest BCUT2D eigenvalue weighted by Gasteiger charge is -2.30. The van der Waals surface area contributed by atoms with Gasteiger partial charge in [0, 0.05) is 25.2 Å². The lowest BCUT2D eigenvalue weighted by Crippen LogP contribution is -2.36. The van der Waals surface area contributed by atoms with E-state index in [9.17, 15) is 14.0 Å². The van der Waals surface area contributed by atoms with Crippen LogP contribution in [0.3, 0.4) is 0 Å². The maximum atomic E-state index is 13.6. The molecule has 4 rings (SSSR count). The molecule has 0 spiro atoms. The van der Waals surface area contributed by atoms with Crippen LogP contribution < -0.4 is 0 Å². The first kappa shape index (κ1) is 20.8. The van der Waals surface area contributed by atoms with Gasteiger partial charge in [0.05, 0.1) is 12.5 Å². The number of hydrogen-bond acceptors (Lipinski definition) is 2. The summed E-state index contributed by atoms with van der Waals surface area (Å²) in [5, 5.41) is 0. The molecule has 1 aliphatic heterocycles. The zero-order valence-electron chi connectivity index (χ0n) is 17.5. The summed E-state index contributed by atoms with van der Waals surface area (Å²) in [5.41, 5.74) is 3.43. The van der Waals surface area contributed by atoms with Gasteiger partial charge in [-0.3, -0.25) is 9.59 Å². The van der Waals surface area contributed by atoms with Gasteiger partial charge in [-0.05, 0) is 41.8 Å². The molecule has 4 nitrogen and oxygen atoms in total. The number of fused-ring (bicyclic) bond motifs is 1. The summed E-state index contributed by atoms with van der Waals surface area (Å²) in [4.78, 5) is 29.9. The van der Waals surface area contributed by atoms with E-state index in [4.69, 9.17) is 0 Å². The molecule has 0 N–H and O–H groups in total. The van der Waals surface area contributed by atoms with Crippen LogP contribution in [0.1, 0.15) is 46.4 Å². The van der Waals surface area contributed by atoms with E-state index in [0.29, 0.717) is 25.2 Å². The second-order valence-corrected chi connectivity index (χ2v) is 7.76. The maximum Gasteiger partial charge on any atom is 0.255 e. The summed E-state index contributed by atoms with van der Waals surface area (Å²) >= 11 is 0. The van der Waals surface area contributed by atoms with E-state index < -0.39 is 6.04 Å². The average molecular weight is 416 g/mol.